The van der Waals surface area contributed by atoms with Gasteiger partial charge in [0.2, 0.25) is 5.78 Å². The Morgan fingerprint density at radius 2 is 1.35 bits per heavy atom. The van der Waals surface area contributed by atoms with Gasteiger partial charge in [0.25, 0.3) is 0 Å². The molecule has 3 aromatic carbocycles. The van der Waals surface area contributed by atoms with Gasteiger partial charge in [0.15, 0.2) is 34.5 Å². The van der Waals surface area contributed by atoms with Crippen LogP contribution in [0.15, 0.2) is 109 Å². The van der Waals surface area contributed by atoms with Crippen molar-refractivity contribution in [3.63, 3.8) is 0 Å². The number of rotatable bonds is 14. The van der Waals surface area contributed by atoms with Gasteiger partial charge < -0.3 is 23.7 Å². The highest BCUT2D eigenvalue weighted by Gasteiger charge is 2.26. The number of allylic oxidation sites excluding steroid dienone is 4. The van der Waals surface area contributed by atoms with E-state index in [0.29, 0.717) is 38.4 Å². The number of carbonyl (C=O) groups is 2. The van der Waals surface area contributed by atoms with Crippen LogP contribution in [-0.4, -0.2) is 50.1 Å². The fourth-order valence-electron chi connectivity index (χ4n) is 5.38. The molecular weight excluding hydrogens is 642 g/mol. The van der Waals surface area contributed by atoms with E-state index in [1.54, 1.807) is 6.08 Å². The lowest BCUT2D eigenvalue weighted by Crippen LogP contribution is -2.18. The molecule has 0 amide bonds. The number of methoxy groups -OCH3 is 1. The van der Waals surface area contributed by atoms with Crippen molar-refractivity contribution >= 4 is 34.7 Å². The number of nitrogens with zero attached hydrogens (tertiary/aromatic N) is 1. The summed E-state index contributed by atoms with van der Waals surface area (Å²) >= 11 is 0. The van der Waals surface area contributed by atoms with Crippen LogP contribution >= 0.6 is 12.4 Å². The number of hydrogen-bond donors (Lipinski definition) is 0. The van der Waals surface area contributed by atoms with Gasteiger partial charge >= 0.3 is 0 Å². The van der Waals surface area contributed by atoms with Crippen LogP contribution in [0, 0.1) is 0 Å². The number of ether oxygens (including phenoxy) is 5. The van der Waals surface area contributed by atoms with Gasteiger partial charge in [-0.25, -0.2) is 0 Å². The summed E-state index contributed by atoms with van der Waals surface area (Å²) in [5, 5.41) is 2.14. The summed E-state index contributed by atoms with van der Waals surface area (Å²) in [5.74, 6) is 2.32. The van der Waals surface area contributed by atoms with Gasteiger partial charge in [-0.05, 0) is 80.6 Å². The lowest BCUT2D eigenvalue weighted by atomic mass is 9.85. The number of ketones is 2. The average molecular weight is 686 g/mol. The molecule has 0 aliphatic heterocycles. The predicted octanol–water partition coefficient (Wildman–Crippen LogP) is 8.41. The summed E-state index contributed by atoms with van der Waals surface area (Å²) in [4.78, 5) is 28.5. The maximum Gasteiger partial charge on any atom is 0.220 e. The third kappa shape index (κ3) is 9.74. The fraction of sp³-hybridized carbons (Fsp3) is 0.275. The zero-order chi connectivity index (χ0) is 34.5. The molecule has 258 valence electrons. The van der Waals surface area contributed by atoms with Crippen molar-refractivity contribution < 1.29 is 33.3 Å². The van der Waals surface area contributed by atoms with E-state index in [4.69, 9.17) is 23.7 Å². The highest BCUT2D eigenvalue weighted by Crippen LogP contribution is 2.35. The maximum absolute atomic E-state index is 12.1. The van der Waals surface area contributed by atoms with Crippen LogP contribution in [-0.2, 0) is 20.7 Å². The monoisotopic (exact) mass is 685 g/mol. The van der Waals surface area contributed by atoms with Gasteiger partial charge in [0.05, 0.1) is 39.2 Å². The lowest BCUT2D eigenvalue weighted by Gasteiger charge is -2.18. The highest BCUT2D eigenvalue weighted by atomic mass is 35.5. The van der Waals surface area contributed by atoms with Gasteiger partial charge in [0, 0.05) is 35.6 Å². The summed E-state index contributed by atoms with van der Waals surface area (Å²) in [6, 6.07) is 21.6. The van der Waals surface area contributed by atoms with Gasteiger partial charge in [-0.15, -0.1) is 19.0 Å². The zero-order valence-corrected chi connectivity index (χ0v) is 29.5. The Labute approximate surface area is 294 Å². The molecule has 9 heteroatoms. The van der Waals surface area contributed by atoms with Crippen LogP contribution in [0.4, 0.5) is 0 Å². The van der Waals surface area contributed by atoms with Crippen LogP contribution in [0.3, 0.4) is 0 Å². The van der Waals surface area contributed by atoms with E-state index in [-0.39, 0.29) is 35.7 Å². The van der Waals surface area contributed by atoms with Crippen molar-refractivity contribution in [2.24, 2.45) is 0 Å². The van der Waals surface area contributed by atoms with Gasteiger partial charge in [-0.2, -0.15) is 0 Å². The van der Waals surface area contributed by atoms with E-state index < -0.39 is 0 Å². The second-order valence-corrected chi connectivity index (χ2v) is 10.6. The van der Waals surface area contributed by atoms with Crippen molar-refractivity contribution in [3.05, 3.63) is 126 Å². The lowest BCUT2D eigenvalue weighted by molar-refractivity contribution is -0.117. The molecule has 1 aliphatic rings. The maximum atomic E-state index is 12.1. The van der Waals surface area contributed by atoms with Crippen molar-refractivity contribution in [2.75, 3.05) is 33.5 Å². The largest absolute Gasteiger partial charge is 0.493 e. The molecular formula is C40H44ClNO7. The van der Waals surface area contributed by atoms with E-state index in [1.165, 1.54) is 19.3 Å². The van der Waals surface area contributed by atoms with Crippen LogP contribution < -0.4 is 18.9 Å². The summed E-state index contributed by atoms with van der Waals surface area (Å²) in [7, 11) is 1.37. The van der Waals surface area contributed by atoms with Crippen LogP contribution in [0.1, 0.15) is 50.4 Å². The topological polar surface area (TPSA) is 93.2 Å². The molecule has 0 radical (unpaired) electrons. The Bertz CT molecular complexity index is 1800. The molecule has 0 fully saturated rings. The average Bonchev–Trinajstić information content (AvgIpc) is 3.09. The van der Waals surface area contributed by atoms with E-state index in [2.05, 4.69) is 17.6 Å². The normalized spacial score (nSPS) is 12.8. The Hall–Kier alpha value is -5.08. The molecule has 0 N–H and O–H groups in total. The molecule has 0 spiro atoms. The van der Waals surface area contributed by atoms with Gasteiger partial charge in [0.1, 0.15) is 0 Å². The number of benzene rings is 3. The molecule has 0 bridgehead atoms. The minimum atomic E-state index is -0.292. The summed E-state index contributed by atoms with van der Waals surface area (Å²) in [5.41, 5.74) is 3.45. The van der Waals surface area contributed by atoms with E-state index in [9.17, 15) is 9.59 Å². The number of halogens is 1. The van der Waals surface area contributed by atoms with Crippen LogP contribution in [0.25, 0.3) is 10.8 Å². The van der Waals surface area contributed by atoms with Crippen LogP contribution in [0.2, 0.25) is 0 Å². The first-order chi connectivity index (χ1) is 23.4. The minimum absolute atomic E-state index is 0. The third-order valence-electron chi connectivity index (χ3n) is 7.52. The number of carbonyl (C=O) groups excluding carboxylic acids is 2. The summed E-state index contributed by atoms with van der Waals surface area (Å²) in [6.07, 6.45) is 6.75. The quantitative estimate of drug-likeness (QED) is 0.0965. The van der Waals surface area contributed by atoms with Crippen molar-refractivity contribution in [3.8, 4) is 23.0 Å². The summed E-state index contributed by atoms with van der Waals surface area (Å²) < 4.78 is 27.9. The van der Waals surface area contributed by atoms with E-state index in [1.807, 2.05) is 94.6 Å². The van der Waals surface area contributed by atoms with E-state index in [0.717, 1.165) is 50.6 Å². The molecule has 1 aromatic heterocycles. The molecule has 1 unspecified atom stereocenters. The Balaban J connectivity index is 0.000000283. The first-order valence-electron chi connectivity index (χ1n) is 16.2. The Kier molecular flexibility index (Phi) is 14.9. The molecule has 4 aromatic rings. The number of hydrogen-bond acceptors (Lipinski definition) is 8. The van der Waals surface area contributed by atoms with Crippen molar-refractivity contribution in [1.82, 2.24) is 4.98 Å². The minimum Gasteiger partial charge on any atom is -0.493 e. The smallest absolute Gasteiger partial charge is 0.220 e. The molecule has 1 atom stereocenters. The first kappa shape index (κ1) is 38.4. The molecule has 1 aliphatic carbocycles. The molecule has 8 nitrogen and oxygen atoms in total. The Morgan fingerprint density at radius 1 is 0.735 bits per heavy atom. The molecule has 49 heavy (non-hydrogen) atoms. The number of pyridine rings is 1. The van der Waals surface area contributed by atoms with Crippen LogP contribution in [0.5, 0.6) is 23.0 Å². The SMILES string of the molecule is C=CC(C1=CC(=O)C(OC)=CC1=O)c1ccccc1.CCOc1ccc(Cc2nccc3cc(OCC)c(OCC)cc23)cc1OCC.Cl. The fourth-order valence-corrected chi connectivity index (χ4v) is 5.38. The zero-order valence-electron chi connectivity index (χ0n) is 28.7. The second kappa shape index (κ2) is 19.1. The molecule has 0 saturated carbocycles. The molecule has 1 heterocycles. The summed E-state index contributed by atoms with van der Waals surface area (Å²) in [6.45, 7) is 14.0. The predicted molar refractivity (Wildman–Crippen MR) is 195 cm³/mol. The standard InChI is InChI=1S/C24H29NO4.C16H14O3.ClH/c1-5-26-21-10-9-17(14-22(21)27-6-2)13-20-19-16-24(29-8-4)23(28-7-3)15-18(19)11-12-25-20;1-3-12(11-7-5-4-6-8-11)13-9-15(18)16(19-2)10-14(13)17;/h9-12,14-16H,5-8,13H2,1-4H3;3-10,12H,1H2,2H3;1H. The van der Waals surface area contributed by atoms with E-state index >= 15 is 0 Å². The second-order valence-electron chi connectivity index (χ2n) is 10.6. The highest BCUT2D eigenvalue weighted by molar-refractivity contribution is 6.19. The van der Waals surface area contributed by atoms with Gasteiger partial charge in [-0.3, -0.25) is 14.6 Å². The molecule has 5 rings (SSSR count). The Morgan fingerprint density at radius 3 is 1.96 bits per heavy atom. The first-order valence-corrected chi connectivity index (χ1v) is 16.2. The third-order valence-corrected chi connectivity index (χ3v) is 7.52. The van der Waals surface area contributed by atoms with Crippen molar-refractivity contribution in [1.29, 1.82) is 0 Å². The molecule has 0 saturated heterocycles. The van der Waals surface area contributed by atoms with Gasteiger partial charge in [-0.1, -0.05) is 42.5 Å². The number of aromatic nitrogens is 1. The van der Waals surface area contributed by atoms with Crippen molar-refractivity contribution in [2.45, 2.75) is 40.0 Å². The number of fused-ring (bicyclic) bond motifs is 1.